The van der Waals surface area contributed by atoms with Gasteiger partial charge < -0.3 is 0 Å². The highest BCUT2D eigenvalue weighted by molar-refractivity contribution is 7.92. The average Bonchev–Trinajstić information content (AvgIpc) is 2.73. The maximum absolute atomic E-state index is 12.9. The van der Waals surface area contributed by atoms with E-state index < -0.39 is 27.7 Å². The number of carbonyl (C=O) groups excluding carboxylic acids is 2. The van der Waals surface area contributed by atoms with Gasteiger partial charge in [-0.1, -0.05) is 6.07 Å². The number of halogens is 1. The number of hydrogen-bond donors (Lipinski definition) is 3. The van der Waals surface area contributed by atoms with Crippen LogP contribution in [0.5, 0.6) is 0 Å². The van der Waals surface area contributed by atoms with Crippen LogP contribution in [0.2, 0.25) is 0 Å². The van der Waals surface area contributed by atoms with E-state index in [-0.39, 0.29) is 21.8 Å². The molecule has 0 saturated carbocycles. The summed E-state index contributed by atoms with van der Waals surface area (Å²) in [6, 6.07) is 14.7. The average molecular weight is 414 g/mol. The van der Waals surface area contributed by atoms with Gasteiger partial charge in [-0.15, -0.1) is 0 Å². The Bertz CT molecular complexity index is 1120. The van der Waals surface area contributed by atoms with E-state index in [1.54, 1.807) is 12.1 Å². The van der Waals surface area contributed by atoms with Crippen LogP contribution in [0, 0.1) is 5.82 Å². The molecular formula is C19H15FN4O4S. The maximum Gasteiger partial charge on any atom is 0.288 e. The quantitative estimate of drug-likeness (QED) is 0.553. The van der Waals surface area contributed by atoms with Gasteiger partial charge in [-0.2, -0.15) is 0 Å². The fraction of sp³-hybridized carbons (Fsp3) is 0. The number of rotatable bonds is 5. The molecule has 0 fully saturated rings. The van der Waals surface area contributed by atoms with Crippen LogP contribution < -0.4 is 15.6 Å². The minimum absolute atomic E-state index is 0.0991. The molecule has 0 atom stereocenters. The molecule has 0 aliphatic carbocycles. The molecule has 29 heavy (non-hydrogen) atoms. The highest BCUT2D eigenvalue weighted by Gasteiger charge is 2.15. The molecule has 2 amide bonds. The van der Waals surface area contributed by atoms with Crippen molar-refractivity contribution in [2.75, 3.05) is 4.72 Å². The molecule has 8 nitrogen and oxygen atoms in total. The molecule has 0 unspecified atom stereocenters. The number of amides is 2. The lowest BCUT2D eigenvalue weighted by Gasteiger charge is -2.10. The monoisotopic (exact) mass is 414 g/mol. The van der Waals surface area contributed by atoms with Gasteiger partial charge in [-0.3, -0.25) is 30.1 Å². The normalized spacial score (nSPS) is 10.8. The second-order valence-corrected chi connectivity index (χ2v) is 7.44. The molecule has 0 radical (unpaired) electrons. The van der Waals surface area contributed by atoms with Crippen LogP contribution in [0.1, 0.15) is 20.8 Å². The van der Waals surface area contributed by atoms with Crippen molar-refractivity contribution in [2.45, 2.75) is 4.90 Å². The van der Waals surface area contributed by atoms with Gasteiger partial charge in [0.1, 0.15) is 11.5 Å². The summed E-state index contributed by atoms with van der Waals surface area (Å²) in [5.74, 6) is -1.72. The standard InChI is InChI=1S/C19H15FN4O4S/c20-14-6-10-16(11-7-14)29(27,28)24-15-8-4-13(5-9-15)18(25)22-23-19(26)17-3-1-2-12-21-17/h1-12,24H,(H,22,25)(H,23,26). The van der Waals surface area contributed by atoms with Gasteiger partial charge in [0.25, 0.3) is 21.8 Å². The van der Waals surface area contributed by atoms with Gasteiger partial charge in [0, 0.05) is 17.4 Å². The minimum Gasteiger partial charge on any atom is -0.280 e. The van der Waals surface area contributed by atoms with Gasteiger partial charge in [-0.05, 0) is 60.7 Å². The predicted octanol–water partition coefficient (Wildman–Crippen LogP) is 2.10. The summed E-state index contributed by atoms with van der Waals surface area (Å²) < 4.78 is 39.8. The van der Waals surface area contributed by atoms with E-state index in [1.165, 1.54) is 36.5 Å². The molecule has 3 N–H and O–H groups in total. The lowest BCUT2D eigenvalue weighted by molar-refractivity contribution is 0.0844. The first-order valence-electron chi connectivity index (χ1n) is 8.25. The zero-order valence-corrected chi connectivity index (χ0v) is 15.6. The maximum atomic E-state index is 12.9. The molecule has 1 aromatic heterocycles. The molecule has 3 rings (SSSR count). The van der Waals surface area contributed by atoms with Crippen molar-refractivity contribution in [1.82, 2.24) is 15.8 Å². The van der Waals surface area contributed by atoms with E-state index in [1.807, 2.05) is 0 Å². The summed E-state index contributed by atoms with van der Waals surface area (Å²) >= 11 is 0. The summed E-state index contributed by atoms with van der Waals surface area (Å²) in [7, 11) is -3.90. The van der Waals surface area contributed by atoms with E-state index >= 15 is 0 Å². The Hall–Kier alpha value is -3.79. The lowest BCUT2D eigenvalue weighted by atomic mass is 10.2. The summed E-state index contributed by atoms with van der Waals surface area (Å²) in [5.41, 5.74) is 5.02. The summed E-state index contributed by atoms with van der Waals surface area (Å²) in [4.78, 5) is 27.7. The van der Waals surface area contributed by atoms with Gasteiger partial charge >= 0.3 is 0 Å². The van der Waals surface area contributed by atoms with Crippen LogP contribution in [0.3, 0.4) is 0 Å². The Morgan fingerprint density at radius 2 is 1.48 bits per heavy atom. The van der Waals surface area contributed by atoms with Crippen molar-refractivity contribution >= 4 is 27.5 Å². The number of aromatic nitrogens is 1. The molecular weight excluding hydrogens is 399 g/mol. The van der Waals surface area contributed by atoms with Gasteiger partial charge in [0.2, 0.25) is 0 Å². The van der Waals surface area contributed by atoms with E-state index in [9.17, 15) is 22.4 Å². The van der Waals surface area contributed by atoms with Crippen molar-refractivity contribution in [3.63, 3.8) is 0 Å². The van der Waals surface area contributed by atoms with E-state index in [0.29, 0.717) is 0 Å². The Morgan fingerprint density at radius 3 is 2.10 bits per heavy atom. The Balaban J connectivity index is 1.61. The topological polar surface area (TPSA) is 117 Å². The smallest absolute Gasteiger partial charge is 0.280 e. The molecule has 148 valence electrons. The number of hydrogen-bond acceptors (Lipinski definition) is 5. The SMILES string of the molecule is O=C(NNC(=O)c1ccccn1)c1ccc(NS(=O)(=O)c2ccc(F)cc2)cc1. The number of sulfonamides is 1. The van der Waals surface area contributed by atoms with Crippen LogP contribution in [-0.2, 0) is 10.0 Å². The molecule has 0 spiro atoms. The second kappa shape index (κ2) is 8.48. The van der Waals surface area contributed by atoms with Crippen LogP contribution in [0.25, 0.3) is 0 Å². The number of nitrogens with zero attached hydrogens (tertiary/aromatic N) is 1. The van der Waals surface area contributed by atoms with E-state index in [4.69, 9.17) is 0 Å². The summed E-state index contributed by atoms with van der Waals surface area (Å²) in [5, 5.41) is 0. The zero-order valence-electron chi connectivity index (χ0n) is 14.8. The van der Waals surface area contributed by atoms with Gasteiger partial charge in [0.05, 0.1) is 4.90 Å². The second-order valence-electron chi connectivity index (χ2n) is 5.76. The third-order valence-electron chi connectivity index (χ3n) is 3.71. The number of carbonyl (C=O) groups is 2. The van der Waals surface area contributed by atoms with Crippen LogP contribution in [-0.4, -0.2) is 25.2 Å². The van der Waals surface area contributed by atoms with Crippen molar-refractivity contribution in [2.24, 2.45) is 0 Å². The first kappa shape index (κ1) is 20.0. The molecule has 0 bridgehead atoms. The van der Waals surface area contributed by atoms with Crippen molar-refractivity contribution in [1.29, 1.82) is 0 Å². The highest BCUT2D eigenvalue weighted by Crippen LogP contribution is 2.17. The van der Waals surface area contributed by atoms with Crippen LogP contribution in [0.4, 0.5) is 10.1 Å². The Labute approximate surface area is 165 Å². The Kier molecular flexibility index (Phi) is 5.84. The van der Waals surface area contributed by atoms with E-state index in [0.717, 1.165) is 24.3 Å². The largest absolute Gasteiger partial charge is 0.288 e. The molecule has 0 aliphatic rings. The molecule has 2 aromatic carbocycles. The molecule has 3 aromatic rings. The lowest BCUT2D eigenvalue weighted by Crippen LogP contribution is -2.41. The minimum atomic E-state index is -3.90. The predicted molar refractivity (Wildman–Crippen MR) is 103 cm³/mol. The fourth-order valence-corrected chi connectivity index (χ4v) is 3.32. The number of anilines is 1. The van der Waals surface area contributed by atoms with Gasteiger partial charge in [0.15, 0.2) is 0 Å². The van der Waals surface area contributed by atoms with E-state index in [2.05, 4.69) is 20.6 Å². The van der Waals surface area contributed by atoms with Crippen molar-refractivity contribution in [3.8, 4) is 0 Å². The third-order valence-corrected chi connectivity index (χ3v) is 5.11. The third kappa shape index (κ3) is 5.14. The zero-order chi connectivity index (χ0) is 20.9. The summed E-state index contributed by atoms with van der Waals surface area (Å²) in [6.07, 6.45) is 1.45. The fourth-order valence-electron chi connectivity index (χ4n) is 2.26. The molecule has 0 aliphatic heterocycles. The van der Waals surface area contributed by atoms with Gasteiger partial charge in [-0.25, -0.2) is 12.8 Å². The highest BCUT2D eigenvalue weighted by atomic mass is 32.2. The molecule has 10 heteroatoms. The van der Waals surface area contributed by atoms with Crippen molar-refractivity contribution in [3.05, 3.63) is 90.0 Å². The first-order chi connectivity index (χ1) is 13.8. The first-order valence-corrected chi connectivity index (χ1v) is 9.74. The number of pyridine rings is 1. The molecule has 1 heterocycles. The number of nitrogens with one attached hydrogen (secondary N) is 3. The Morgan fingerprint density at radius 1 is 0.828 bits per heavy atom. The van der Waals surface area contributed by atoms with Crippen molar-refractivity contribution < 1.29 is 22.4 Å². The number of hydrazine groups is 1. The summed E-state index contributed by atoms with van der Waals surface area (Å²) in [6.45, 7) is 0. The molecule has 0 saturated heterocycles. The van der Waals surface area contributed by atoms with Crippen LogP contribution >= 0.6 is 0 Å². The number of benzene rings is 2. The van der Waals surface area contributed by atoms with Crippen LogP contribution in [0.15, 0.2) is 77.8 Å².